The van der Waals surface area contributed by atoms with E-state index in [1.165, 1.54) is 23.3 Å². The number of nitrogens with one attached hydrogen (secondary N) is 2. The van der Waals surface area contributed by atoms with E-state index in [-0.39, 0.29) is 11.5 Å². The van der Waals surface area contributed by atoms with Crippen molar-refractivity contribution in [1.82, 2.24) is 24.8 Å². The molecule has 30 heavy (non-hydrogen) atoms. The van der Waals surface area contributed by atoms with Crippen molar-refractivity contribution in [3.05, 3.63) is 44.3 Å². The third-order valence-electron chi connectivity index (χ3n) is 5.76. The van der Waals surface area contributed by atoms with Crippen LogP contribution in [0.4, 0.5) is 0 Å². The molecule has 0 spiro atoms. The summed E-state index contributed by atoms with van der Waals surface area (Å²) in [5.41, 5.74) is 2.12. The molecule has 4 heterocycles. The molecule has 3 aromatic rings. The molecule has 2 N–H and O–H groups in total. The molecule has 1 amide bonds. The van der Waals surface area contributed by atoms with E-state index in [2.05, 4.69) is 31.0 Å². The predicted octanol–water partition coefficient (Wildman–Crippen LogP) is 2.95. The Morgan fingerprint density at radius 3 is 3.07 bits per heavy atom. The lowest BCUT2D eigenvalue weighted by Crippen LogP contribution is -2.23. The smallest absolute Gasteiger partial charge is 0.259 e. The number of aryl methyl sites for hydroxylation is 4. The van der Waals surface area contributed by atoms with Gasteiger partial charge in [0.15, 0.2) is 0 Å². The van der Waals surface area contributed by atoms with E-state index in [1.807, 2.05) is 0 Å². The average molecular weight is 444 g/mol. The maximum absolute atomic E-state index is 12.5. The molecule has 0 saturated heterocycles. The summed E-state index contributed by atoms with van der Waals surface area (Å²) in [6.45, 7) is 1.51. The number of hydrogen-bond donors (Lipinski definition) is 2. The molecule has 0 saturated carbocycles. The highest BCUT2D eigenvalue weighted by Crippen LogP contribution is 2.34. The molecule has 0 bridgehead atoms. The highest BCUT2D eigenvalue weighted by atomic mass is 32.2. The van der Waals surface area contributed by atoms with Crippen molar-refractivity contribution >= 4 is 39.2 Å². The molecule has 1 aliphatic heterocycles. The SMILES string of the molecule is O=C(CCSCc1nc2sc3c(c2c(=O)[nH]1)CCC3)NCc1cn2c(n1)CCCC2. The Hall–Kier alpha value is -2.13. The monoisotopic (exact) mass is 443 g/mol. The Labute approximate surface area is 182 Å². The van der Waals surface area contributed by atoms with Crippen LogP contribution in [0.3, 0.4) is 0 Å². The van der Waals surface area contributed by atoms with Gasteiger partial charge in [-0.1, -0.05) is 0 Å². The van der Waals surface area contributed by atoms with E-state index in [9.17, 15) is 9.59 Å². The highest BCUT2D eigenvalue weighted by molar-refractivity contribution is 7.98. The first-order chi connectivity index (χ1) is 14.7. The third-order valence-corrected chi connectivity index (χ3v) is 7.92. The normalized spacial score (nSPS) is 15.3. The third kappa shape index (κ3) is 4.05. The molecule has 2 aliphatic rings. The van der Waals surface area contributed by atoms with Crippen LogP contribution in [0.25, 0.3) is 10.2 Å². The van der Waals surface area contributed by atoms with Crippen LogP contribution in [0.5, 0.6) is 0 Å². The second-order valence-electron chi connectivity index (χ2n) is 7.93. The van der Waals surface area contributed by atoms with Gasteiger partial charge in [-0.3, -0.25) is 9.59 Å². The zero-order chi connectivity index (χ0) is 20.5. The summed E-state index contributed by atoms with van der Waals surface area (Å²) in [5, 5.41) is 3.76. The number of carbonyl (C=O) groups is 1. The number of rotatable bonds is 7. The number of hydrogen-bond acceptors (Lipinski definition) is 6. The van der Waals surface area contributed by atoms with Crippen LogP contribution in [-0.2, 0) is 42.9 Å². The van der Waals surface area contributed by atoms with Crippen LogP contribution in [0.1, 0.15) is 53.5 Å². The van der Waals surface area contributed by atoms with Gasteiger partial charge < -0.3 is 14.9 Å². The second-order valence-corrected chi connectivity index (χ2v) is 10.1. The number of H-pyrrole nitrogens is 1. The van der Waals surface area contributed by atoms with Gasteiger partial charge in [0.05, 0.1) is 23.4 Å². The lowest BCUT2D eigenvalue weighted by molar-refractivity contribution is -0.120. The summed E-state index contributed by atoms with van der Waals surface area (Å²) in [7, 11) is 0. The first-order valence-electron chi connectivity index (χ1n) is 10.6. The van der Waals surface area contributed by atoms with E-state index >= 15 is 0 Å². The van der Waals surface area contributed by atoms with Crippen LogP contribution >= 0.6 is 23.1 Å². The van der Waals surface area contributed by atoms with Crippen molar-refractivity contribution in [1.29, 1.82) is 0 Å². The standard InChI is InChI=1S/C21H25N5O2S2/c27-18(22-10-13-11-26-8-2-1-6-17(26)23-13)7-9-29-12-16-24-20(28)19-14-4-3-5-15(14)30-21(19)25-16/h11H,1-10,12H2,(H,22,27)(H,24,25,28). The van der Waals surface area contributed by atoms with Crippen molar-refractivity contribution in [2.24, 2.45) is 0 Å². The summed E-state index contributed by atoms with van der Waals surface area (Å²) < 4.78 is 2.20. The van der Waals surface area contributed by atoms with Crippen LogP contribution < -0.4 is 10.9 Å². The van der Waals surface area contributed by atoms with Gasteiger partial charge in [0, 0.05) is 36.2 Å². The molecule has 0 fully saturated rings. The largest absolute Gasteiger partial charge is 0.350 e. The molecule has 5 rings (SSSR count). The number of imidazole rings is 1. The number of aromatic nitrogens is 4. The number of thioether (sulfide) groups is 1. The first-order valence-corrected chi connectivity index (χ1v) is 12.6. The molecule has 0 aromatic carbocycles. The summed E-state index contributed by atoms with van der Waals surface area (Å²) in [5.74, 6) is 3.15. The minimum absolute atomic E-state index is 0.0180. The van der Waals surface area contributed by atoms with E-state index in [1.54, 1.807) is 23.1 Å². The molecule has 0 radical (unpaired) electrons. The number of fused-ring (bicyclic) bond motifs is 4. The fourth-order valence-corrected chi connectivity index (χ4v) is 6.37. The molecular weight excluding hydrogens is 418 g/mol. The number of carbonyl (C=O) groups excluding carboxylic acids is 1. The predicted molar refractivity (Wildman–Crippen MR) is 120 cm³/mol. The molecule has 0 atom stereocenters. The van der Waals surface area contributed by atoms with Gasteiger partial charge in [-0.15, -0.1) is 11.3 Å². The maximum atomic E-state index is 12.5. The fourth-order valence-electron chi connectivity index (χ4n) is 4.28. The molecule has 1 aliphatic carbocycles. The minimum atomic E-state index is -0.0180. The lowest BCUT2D eigenvalue weighted by atomic mass is 10.2. The number of nitrogens with zero attached hydrogens (tertiary/aromatic N) is 3. The Morgan fingerprint density at radius 2 is 2.17 bits per heavy atom. The Balaban J connectivity index is 1.09. The molecule has 9 heteroatoms. The van der Waals surface area contributed by atoms with Crippen molar-refractivity contribution in [3.63, 3.8) is 0 Å². The summed E-state index contributed by atoms with van der Waals surface area (Å²) in [6.07, 6.45) is 9.12. The maximum Gasteiger partial charge on any atom is 0.259 e. The van der Waals surface area contributed by atoms with Crippen LogP contribution in [0.15, 0.2) is 11.0 Å². The van der Waals surface area contributed by atoms with E-state index < -0.39 is 0 Å². The highest BCUT2D eigenvalue weighted by Gasteiger charge is 2.21. The van der Waals surface area contributed by atoms with Crippen LogP contribution in [-0.4, -0.2) is 31.2 Å². The van der Waals surface area contributed by atoms with Crippen molar-refractivity contribution in [2.75, 3.05) is 5.75 Å². The fraction of sp³-hybridized carbons (Fsp3) is 0.524. The lowest BCUT2D eigenvalue weighted by Gasteiger charge is -2.11. The topological polar surface area (TPSA) is 92.7 Å². The number of aromatic amines is 1. The van der Waals surface area contributed by atoms with E-state index in [0.29, 0.717) is 30.3 Å². The van der Waals surface area contributed by atoms with Crippen molar-refractivity contribution in [2.45, 2.75) is 63.8 Å². The van der Waals surface area contributed by atoms with Gasteiger partial charge in [-0.2, -0.15) is 11.8 Å². The quantitative estimate of drug-likeness (QED) is 0.548. The Bertz CT molecular complexity index is 1120. The van der Waals surface area contributed by atoms with Crippen molar-refractivity contribution < 1.29 is 4.79 Å². The van der Waals surface area contributed by atoms with Crippen molar-refractivity contribution in [3.8, 4) is 0 Å². The number of amides is 1. The van der Waals surface area contributed by atoms with Gasteiger partial charge in [0.1, 0.15) is 16.5 Å². The van der Waals surface area contributed by atoms with Crippen LogP contribution in [0.2, 0.25) is 0 Å². The first kappa shape index (κ1) is 19.8. The summed E-state index contributed by atoms with van der Waals surface area (Å²) in [6, 6.07) is 0. The zero-order valence-corrected chi connectivity index (χ0v) is 18.5. The zero-order valence-electron chi connectivity index (χ0n) is 16.8. The second kappa shape index (κ2) is 8.55. The van der Waals surface area contributed by atoms with E-state index in [4.69, 9.17) is 0 Å². The van der Waals surface area contributed by atoms with Gasteiger partial charge in [0.2, 0.25) is 5.91 Å². The molecule has 3 aromatic heterocycles. The van der Waals surface area contributed by atoms with Crippen LogP contribution in [0, 0.1) is 0 Å². The summed E-state index contributed by atoms with van der Waals surface area (Å²) in [4.78, 5) is 39.0. The van der Waals surface area contributed by atoms with Gasteiger partial charge >= 0.3 is 0 Å². The average Bonchev–Trinajstić information content (AvgIpc) is 3.43. The Kier molecular flexibility index (Phi) is 5.64. The molecule has 0 unspecified atom stereocenters. The minimum Gasteiger partial charge on any atom is -0.350 e. The van der Waals surface area contributed by atoms with Gasteiger partial charge in [-0.25, -0.2) is 9.97 Å². The number of thiophene rings is 1. The molecular formula is C21H25N5O2S2. The Morgan fingerprint density at radius 1 is 1.23 bits per heavy atom. The van der Waals surface area contributed by atoms with E-state index in [0.717, 1.165) is 54.0 Å². The molecule has 7 nitrogen and oxygen atoms in total. The summed E-state index contributed by atoms with van der Waals surface area (Å²) >= 11 is 3.28. The van der Waals surface area contributed by atoms with Gasteiger partial charge in [0.25, 0.3) is 5.56 Å². The molecule has 158 valence electrons. The van der Waals surface area contributed by atoms with Gasteiger partial charge in [-0.05, 0) is 37.7 Å².